The van der Waals surface area contributed by atoms with Crippen molar-refractivity contribution in [1.29, 1.82) is 0 Å². The quantitative estimate of drug-likeness (QED) is 0.483. The smallest absolute Gasteiger partial charge is 0.229 e. The van der Waals surface area contributed by atoms with Gasteiger partial charge in [0.15, 0.2) is 0 Å². The molecule has 0 aliphatic carbocycles. The third-order valence-corrected chi connectivity index (χ3v) is 4.68. The Kier molecular flexibility index (Phi) is 8.40. The average Bonchev–Trinajstić information content (AvgIpc) is 2.80. The first kappa shape index (κ1) is 23.7. The van der Waals surface area contributed by atoms with E-state index in [-0.39, 0.29) is 5.60 Å². The van der Waals surface area contributed by atoms with Gasteiger partial charge in [-0.1, -0.05) is 0 Å². The predicted molar refractivity (Wildman–Crippen MR) is 113 cm³/mol. The van der Waals surface area contributed by atoms with Crippen molar-refractivity contribution in [2.45, 2.75) is 46.6 Å². The molecule has 1 aromatic rings. The summed E-state index contributed by atoms with van der Waals surface area (Å²) in [5, 5.41) is 0. The van der Waals surface area contributed by atoms with Crippen molar-refractivity contribution in [3.8, 4) is 5.75 Å². The molecular formula is C18H28Cl3NO3S. The first-order valence-electron chi connectivity index (χ1n) is 8.40. The van der Waals surface area contributed by atoms with Crippen molar-refractivity contribution < 1.29 is 13.2 Å². The summed E-state index contributed by atoms with van der Waals surface area (Å²) in [4.78, 5) is 2.31. The Balaban J connectivity index is 0.000000597. The Morgan fingerprint density at radius 3 is 1.92 bits per heavy atom. The molecule has 1 aliphatic heterocycles. The lowest BCUT2D eigenvalue weighted by molar-refractivity contribution is 0.137. The molecule has 0 N–H and O–H groups in total. The zero-order valence-electron chi connectivity index (χ0n) is 16.2. The van der Waals surface area contributed by atoms with Crippen LogP contribution < -0.4 is 9.64 Å². The van der Waals surface area contributed by atoms with E-state index in [0.29, 0.717) is 11.8 Å². The van der Waals surface area contributed by atoms with E-state index in [1.54, 1.807) is 0 Å². The molecule has 0 atom stereocenters. The van der Waals surface area contributed by atoms with Crippen molar-refractivity contribution in [2.75, 3.05) is 36.0 Å². The summed E-state index contributed by atoms with van der Waals surface area (Å²) in [6, 6.07) is 0. The zero-order valence-corrected chi connectivity index (χ0v) is 19.3. The summed E-state index contributed by atoms with van der Waals surface area (Å²) >= 11 is 12.0. The van der Waals surface area contributed by atoms with Crippen molar-refractivity contribution in [3.63, 3.8) is 0 Å². The van der Waals surface area contributed by atoms with Crippen LogP contribution in [0.3, 0.4) is 0 Å². The normalized spacial score (nSPS) is 15.0. The topological polar surface area (TPSA) is 46.6 Å². The SMILES string of the molecule is CS(=O)(=O)Cl.Cc1c(C)c(N(CCCl)CCCl)c(C)c2c1OC(C)(C)C2. The van der Waals surface area contributed by atoms with E-state index in [4.69, 9.17) is 27.9 Å². The molecule has 0 unspecified atom stereocenters. The van der Waals surface area contributed by atoms with Crippen LogP contribution in [0.15, 0.2) is 0 Å². The highest BCUT2D eigenvalue weighted by Gasteiger charge is 2.35. The molecule has 0 saturated carbocycles. The number of hydrogen-bond donors (Lipinski definition) is 0. The second kappa shape index (κ2) is 9.22. The molecule has 4 nitrogen and oxygen atoms in total. The molecule has 150 valence electrons. The van der Waals surface area contributed by atoms with Gasteiger partial charge in [0.2, 0.25) is 9.05 Å². The Morgan fingerprint density at radius 1 is 1.04 bits per heavy atom. The van der Waals surface area contributed by atoms with Gasteiger partial charge in [-0.15, -0.1) is 23.2 Å². The van der Waals surface area contributed by atoms with Gasteiger partial charge < -0.3 is 9.64 Å². The Hall–Kier alpha value is -0.360. The minimum absolute atomic E-state index is 0.118. The lowest BCUT2D eigenvalue weighted by Crippen LogP contribution is -2.29. The highest BCUT2D eigenvalue weighted by atomic mass is 35.7. The van der Waals surface area contributed by atoms with Gasteiger partial charge in [-0.3, -0.25) is 0 Å². The highest BCUT2D eigenvalue weighted by molar-refractivity contribution is 8.13. The molecule has 0 bridgehead atoms. The lowest BCUT2D eigenvalue weighted by Gasteiger charge is -2.29. The van der Waals surface area contributed by atoms with Crippen LogP contribution in [-0.4, -0.2) is 45.1 Å². The van der Waals surface area contributed by atoms with Gasteiger partial charge in [0.05, 0.1) is 6.26 Å². The third-order valence-electron chi connectivity index (χ3n) is 4.35. The monoisotopic (exact) mass is 443 g/mol. The van der Waals surface area contributed by atoms with E-state index in [9.17, 15) is 8.42 Å². The van der Waals surface area contributed by atoms with Crippen LogP contribution in [0.5, 0.6) is 5.75 Å². The minimum Gasteiger partial charge on any atom is -0.487 e. The van der Waals surface area contributed by atoms with E-state index >= 15 is 0 Å². The number of benzene rings is 1. The van der Waals surface area contributed by atoms with Gasteiger partial charge in [-0.05, 0) is 51.3 Å². The molecular weight excluding hydrogens is 417 g/mol. The van der Waals surface area contributed by atoms with E-state index in [1.165, 1.54) is 27.9 Å². The summed E-state index contributed by atoms with van der Waals surface area (Å²) in [7, 11) is 1.31. The third kappa shape index (κ3) is 6.36. The maximum Gasteiger partial charge on any atom is 0.229 e. The summed E-state index contributed by atoms with van der Waals surface area (Å²) in [5.41, 5.74) is 6.34. The maximum absolute atomic E-state index is 9.40. The Morgan fingerprint density at radius 2 is 1.50 bits per heavy atom. The molecule has 1 aliphatic rings. The molecule has 2 rings (SSSR count). The molecule has 0 spiro atoms. The van der Waals surface area contributed by atoms with E-state index < -0.39 is 9.05 Å². The van der Waals surface area contributed by atoms with Crippen LogP contribution in [0.4, 0.5) is 5.69 Å². The van der Waals surface area contributed by atoms with Crippen molar-refractivity contribution in [1.82, 2.24) is 0 Å². The first-order valence-corrected chi connectivity index (χ1v) is 12.2. The van der Waals surface area contributed by atoms with Gasteiger partial charge in [0.1, 0.15) is 11.4 Å². The van der Waals surface area contributed by atoms with Crippen LogP contribution in [0.25, 0.3) is 0 Å². The molecule has 1 heterocycles. The molecule has 0 amide bonds. The van der Waals surface area contributed by atoms with Gasteiger partial charge in [0.25, 0.3) is 0 Å². The first-order chi connectivity index (χ1) is 11.8. The number of anilines is 1. The largest absolute Gasteiger partial charge is 0.487 e. The summed E-state index contributed by atoms with van der Waals surface area (Å²) in [6.45, 7) is 12.4. The number of ether oxygens (including phenoxy) is 1. The molecule has 0 radical (unpaired) electrons. The minimum atomic E-state index is -3.19. The van der Waals surface area contributed by atoms with Crippen LogP contribution in [0, 0.1) is 20.8 Å². The van der Waals surface area contributed by atoms with Gasteiger partial charge in [-0.25, -0.2) is 8.42 Å². The number of nitrogens with zero attached hydrogens (tertiary/aromatic N) is 1. The number of fused-ring (bicyclic) bond motifs is 1. The van der Waals surface area contributed by atoms with Crippen LogP contribution >= 0.6 is 33.9 Å². The van der Waals surface area contributed by atoms with Crippen molar-refractivity contribution in [2.24, 2.45) is 0 Å². The Bertz CT molecular complexity index is 735. The van der Waals surface area contributed by atoms with Crippen LogP contribution in [0.2, 0.25) is 0 Å². The fourth-order valence-electron chi connectivity index (χ4n) is 3.27. The maximum atomic E-state index is 9.40. The average molecular weight is 445 g/mol. The second-order valence-electron chi connectivity index (χ2n) is 7.12. The molecule has 26 heavy (non-hydrogen) atoms. The molecule has 0 fully saturated rings. The number of rotatable bonds is 5. The van der Waals surface area contributed by atoms with E-state index in [0.717, 1.165) is 31.5 Å². The summed E-state index contributed by atoms with van der Waals surface area (Å²) < 4.78 is 25.0. The molecule has 0 aromatic heterocycles. The fraction of sp³-hybridized carbons (Fsp3) is 0.667. The van der Waals surface area contributed by atoms with Crippen molar-refractivity contribution in [3.05, 3.63) is 22.3 Å². The van der Waals surface area contributed by atoms with E-state index in [1.807, 2.05) is 0 Å². The molecule has 8 heteroatoms. The number of alkyl halides is 2. The molecule has 1 aromatic carbocycles. The predicted octanol–water partition coefficient (Wildman–Crippen LogP) is 4.79. The van der Waals surface area contributed by atoms with Gasteiger partial charge in [0, 0.05) is 53.2 Å². The fourth-order valence-corrected chi connectivity index (χ4v) is 3.68. The van der Waals surface area contributed by atoms with Gasteiger partial charge >= 0.3 is 0 Å². The number of halogens is 3. The van der Waals surface area contributed by atoms with Crippen molar-refractivity contribution >= 4 is 48.6 Å². The zero-order chi connectivity index (χ0) is 20.3. The number of hydrogen-bond acceptors (Lipinski definition) is 4. The highest BCUT2D eigenvalue weighted by Crippen LogP contribution is 2.45. The molecule has 0 saturated heterocycles. The second-order valence-corrected chi connectivity index (χ2v) is 10.9. The van der Waals surface area contributed by atoms with Crippen LogP contribution in [-0.2, 0) is 15.5 Å². The summed E-state index contributed by atoms with van der Waals surface area (Å²) in [6.07, 6.45) is 1.88. The standard InChI is InChI=1S/C17H25Cl2NO.CH3ClO2S/c1-11-12(2)16-14(10-17(4,5)21-16)13(3)15(11)20(8-6-18)9-7-19;1-5(2,3)4/h6-10H2,1-5H3;1H3. The van der Waals surface area contributed by atoms with Crippen LogP contribution in [0.1, 0.15) is 36.1 Å². The lowest BCUT2D eigenvalue weighted by atomic mass is 9.92. The van der Waals surface area contributed by atoms with E-state index in [2.05, 4.69) is 50.2 Å². The Labute approximate surface area is 172 Å². The summed E-state index contributed by atoms with van der Waals surface area (Å²) in [5.74, 6) is 2.29. The van der Waals surface area contributed by atoms with Gasteiger partial charge in [-0.2, -0.15) is 0 Å².